The summed E-state index contributed by atoms with van der Waals surface area (Å²) in [5.41, 5.74) is 10.8. The second-order valence-corrected chi connectivity index (χ2v) is 4.20. The predicted octanol–water partition coefficient (Wildman–Crippen LogP) is 1.06. The maximum absolute atomic E-state index is 5.38. The standard InChI is InChI=1S/C10H26N4.C3H8/c11-5-3-9-13-7-1-2-8-14-10-4-6-12;1-3-2/h13-14H,1-12H2;3H2,1-2H3. The topological polar surface area (TPSA) is 76.1 Å². The Kier molecular flexibility index (Phi) is 23.9. The maximum atomic E-state index is 5.38. The van der Waals surface area contributed by atoms with E-state index in [2.05, 4.69) is 24.5 Å². The summed E-state index contributed by atoms with van der Waals surface area (Å²) in [6.07, 6.45) is 5.88. The maximum Gasteiger partial charge on any atom is -0.00369 e. The van der Waals surface area contributed by atoms with E-state index >= 15 is 0 Å². The third kappa shape index (κ3) is 25.8. The van der Waals surface area contributed by atoms with Crippen LogP contribution >= 0.6 is 0 Å². The average molecular weight is 246 g/mol. The third-order valence-corrected chi connectivity index (χ3v) is 2.07. The molecule has 0 unspecified atom stereocenters. The molecule has 17 heavy (non-hydrogen) atoms. The molecule has 4 nitrogen and oxygen atoms in total. The van der Waals surface area contributed by atoms with Gasteiger partial charge in [-0.3, -0.25) is 0 Å². The van der Waals surface area contributed by atoms with Gasteiger partial charge in [-0.15, -0.1) is 0 Å². The van der Waals surface area contributed by atoms with E-state index in [-0.39, 0.29) is 0 Å². The zero-order valence-corrected chi connectivity index (χ0v) is 11.9. The molecule has 0 fully saturated rings. The number of rotatable bonds is 11. The molecule has 6 N–H and O–H groups in total. The highest BCUT2D eigenvalue weighted by Crippen LogP contribution is 1.84. The monoisotopic (exact) mass is 246 g/mol. The Morgan fingerprint density at radius 3 is 1.24 bits per heavy atom. The number of hydrogen-bond donors (Lipinski definition) is 4. The molecule has 4 heteroatoms. The highest BCUT2D eigenvalue weighted by atomic mass is 14.9. The molecule has 0 saturated carbocycles. The summed E-state index contributed by atoms with van der Waals surface area (Å²) < 4.78 is 0. The van der Waals surface area contributed by atoms with Crippen LogP contribution in [0.15, 0.2) is 0 Å². The van der Waals surface area contributed by atoms with Crippen molar-refractivity contribution in [3.63, 3.8) is 0 Å². The van der Waals surface area contributed by atoms with Gasteiger partial charge in [-0.2, -0.15) is 0 Å². The van der Waals surface area contributed by atoms with Gasteiger partial charge in [0.15, 0.2) is 0 Å². The molecule has 0 aromatic carbocycles. The molecule has 0 bridgehead atoms. The fourth-order valence-electron chi connectivity index (χ4n) is 1.20. The SMILES string of the molecule is CCC.NCCCNCCCCNCCCN. The lowest BCUT2D eigenvalue weighted by Gasteiger charge is -2.04. The van der Waals surface area contributed by atoms with E-state index in [0.717, 1.165) is 52.1 Å². The Morgan fingerprint density at radius 1 is 0.647 bits per heavy atom. The molecular weight excluding hydrogens is 212 g/mol. The molecule has 0 aromatic rings. The van der Waals surface area contributed by atoms with Crippen LogP contribution in [-0.2, 0) is 0 Å². The van der Waals surface area contributed by atoms with Crippen LogP contribution in [0.4, 0.5) is 0 Å². The van der Waals surface area contributed by atoms with Gasteiger partial charge >= 0.3 is 0 Å². The molecule has 0 heterocycles. The largest absolute Gasteiger partial charge is 0.330 e. The summed E-state index contributed by atoms with van der Waals surface area (Å²) in [6, 6.07) is 0. The third-order valence-electron chi connectivity index (χ3n) is 2.07. The van der Waals surface area contributed by atoms with Gasteiger partial charge in [0.05, 0.1) is 0 Å². The first-order valence-electron chi connectivity index (χ1n) is 7.14. The van der Waals surface area contributed by atoms with Crippen molar-refractivity contribution < 1.29 is 0 Å². The summed E-state index contributed by atoms with van der Waals surface area (Å²) in [6.45, 7) is 10.1. The van der Waals surface area contributed by atoms with Gasteiger partial charge in [-0.05, 0) is 65.0 Å². The van der Waals surface area contributed by atoms with E-state index in [1.165, 1.54) is 19.3 Å². The van der Waals surface area contributed by atoms with E-state index < -0.39 is 0 Å². The van der Waals surface area contributed by atoms with Gasteiger partial charge in [0.1, 0.15) is 0 Å². The molecule has 106 valence electrons. The predicted molar refractivity (Wildman–Crippen MR) is 78.3 cm³/mol. The second kappa shape index (κ2) is 21.2. The second-order valence-electron chi connectivity index (χ2n) is 4.20. The Hall–Kier alpha value is -0.160. The number of nitrogens with one attached hydrogen (secondary N) is 2. The van der Waals surface area contributed by atoms with E-state index in [1.54, 1.807) is 0 Å². The lowest BCUT2D eigenvalue weighted by molar-refractivity contribution is 0.570. The summed E-state index contributed by atoms with van der Waals surface area (Å²) in [5, 5.41) is 6.72. The number of unbranched alkanes of at least 4 members (excludes halogenated alkanes) is 1. The van der Waals surface area contributed by atoms with Crippen molar-refractivity contribution >= 4 is 0 Å². The molecule has 0 atom stereocenters. The van der Waals surface area contributed by atoms with Crippen molar-refractivity contribution in [3.05, 3.63) is 0 Å². The van der Waals surface area contributed by atoms with Crippen LogP contribution in [0, 0.1) is 0 Å². The van der Waals surface area contributed by atoms with Crippen molar-refractivity contribution in [2.75, 3.05) is 39.3 Å². The van der Waals surface area contributed by atoms with Crippen molar-refractivity contribution in [1.29, 1.82) is 0 Å². The first-order chi connectivity index (χ1) is 8.33. The minimum atomic E-state index is 0.785. The molecule has 0 amide bonds. The molecule has 0 aromatic heterocycles. The van der Waals surface area contributed by atoms with Crippen LogP contribution in [0.3, 0.4) is 0 Å². The minimum Gasteiger partial charge on any atom is -0.330 e. The lowest BCUT2D eigenvalue weighted by atomic mass is 10.3. The van der Waals surface area contributed by atoms with Crippen LogP contribution < -0.4 is 22.1 Å². The molecule has 0 rings (SSSR count). The zero-order chi connectivity index (χ0) is 13.2. The first kappa shape index (κ1) is 19.2. The van der Waals surface area contributed by atoms with E-state index in [1.807, 2.05) is 0 Å². The molecule has 0 aliphatic carbocycles. The van der Waals surface area contributed by atoms with Gasteiger partial charge in [-0.25, -0.2) is 0 Å². The van der Waals surface area contributed by atoms with E-state index in [4.69, 9.17) is 11.5 Å². The molecule has 0 aliphatic rings. The summed E-state index contributed by atoms with van der Waals surface area (Å²) >= 11 is 0. The molecule has 0 aliphatic heterocycles. The van der Waals surface area contributed by atoms with Crippen molar-refractivity contribution in [2.45, 2.75) is 46.0 Å². The van der Waals surface area contributed by atoms with E-state index in [9.17, 15) is 0 Å². The quantitative estimate of drug-likeness (QED) is 0.411. The Labute approximate surface area is 108 Å². The Bertz CT molecular complexity index is 97.6. The van der Waals surface area contributed by atoms with Crippen molar-refractivity contribution in [1.82, 2.24) is 10.6 Å². The van der Waals surface area contributed by atoms with Gasteiger partial charge in [0, 0.05) is 0 Å². The highest BCUT2D eigenvalue weighted by Gasteiger charge is 1.89. The lowest BCUT2D eigenvalue weighted by Crippen LogP contribution is -2.22. The van der Waals surface area contributed by atoms with Crippen molar-refractivity contribution in [3.8, 4) is 0 Å². The van der Waals surface area contributed by atoms with Gasteiger partial charge in [-0.1, -0.05) is 20.3 Å². The zero-order valence-electron chi connectivity index (χ0n) is 11.9. The molecule has 0 radical (unpaired) electrons. The molecule has 0 saturated heterocycles. The van der Waals surface area contributed by atoms with E-state index in [0.29, 0.717) is 0 Å². The summed E-state index contributed by atoms with van der Waals surface area (Å²) in [4.78, 5) is 0. The number of nitrogens with two attached hydrogens (primary N) is 2. The van der Waals surface area contributed by atoms with Crippen LogP contribution in [0.1, 0.15) is 46.0 Å². The molecular formula is C13H34N4. The first-order valence-corrected chi connectivity index (χ1v) is 7.14. The van der Waals surface area contributed by atoms with Crippen LogP contribution in [-0.4, -0.2) is 39.3 Å². The van der Waals surface area contributed by atoms with Gasteiger partial charge < -0.3 is 22.1 Å². The average Bonchev–Trinajstić information content (AvgIpc) is 2.33. The Morgan fingerprint density at radius 2 is 0.941 bits per heavy atom. The molecule has 0 spiro atoms. The summed E-state index contributed by atoms with van der Waals surface area (Å²) in [7, 11) is 0. The van der Waals surface area contributed by atoms with Crippen molar-refractivity contribution in [2.24, 2.45) is 11.5 Å². The fourth-order valence-corrected chi connectivity index (χ4v) is 1.20. The normalized spacial score (nSPS) is 9.88. The van der Waals surface area contributed by atoms with Gasteiger partial charge in [0.25, 0.3) is 0 Å². The smallest absolute Gasteiger partial charge is 0.00369 e. The number of hydrogen-bond acceptors (Lipinski definition) is 4. The minimum absolute atomic E-state index is 0.785. The van der Waals surface area contributed by atoms with Crippen LogP contribution in [0.5, 0.6) is 0 Å². The fraction of sp³-hybridized carbons (Fsp3) is 1.00. The van der Waals surface area contributed by atoms with Gasteiger partial charge in [0.2, 0.25) is 0 Å². The highest BCUT2D eigenvalue weighted by molar-refractivity contribution is 4.52. The van der Waals surface area contributed by atoms with Crippen LogP contribution in [0.2, 0.25) is 0 Å². The Balaban J connectivity index is 0. The summed E-state index contributed by atoms with van der Waals surface area (Å²) in [5.74, 6) is 0. The van der Waals surface area contributed by atoms with Crippen LogP contribution in [0.25, 0.3) is 0 Å².